The maximum absolute atomic E-state index is 12.9. The number of hydrogen-bond acceptors (Lipinski definition) is 8. The van der Waals surface area contributed by atoms with Crippen LogP contribution in [0.25, 0.3) is 0 Å². The summed E-state index contributed by atoms with van der Waals surface area (Å²) in [6, 6.07) is 7.46. The topological polar surface area (TPSA) is 145 Å². The van der Waals surface area contributed by atoms with E-state index in [4.69, 9.17) is 21.1 Å². The van der Waals surface area contributed by atoms with E-state index in [1.165, 1.54) is 35.7 Å². The van der Waals surface area contributed by atoms with Crippen LogP contribution in [0.1, 0.15) is 23.2 Å². The maximum Gasteiger partial charge on any atom is 0.338 e. The van der Waals surface area contributed by atoms with Crippen LogP contribution >= 0.6 is 11.6 Å². The fourth-order valence-corrected chi connectivity index (χ4v) is 5.10. The summed E-state index contributed by atoms with van der Waals surface area (Å²) in [5, 5.41) is 13.5. The molecule has 3 rings (SSSR count). The second-order valence-electron chi connectivity index (χ2n) is 7.02. The van der Waals surface area contributed by atoms with Crippen LogP contribution in [0.2, 0.25) is 5.02 Å². The van der Waals surface area contributed by atoms with Crippen molar-refractivity contribution in [3.05, 3.63) is 57.1 Å². The first-order valence-electron chi connectivity index (χ1n) is 9.72. The van der Waals surface area contributed by atoms with E-state index in [9.17, 15) is 28.1 Å². The number of rotatable bonds is 8. The minimum Gasteiger partial charge on any atom is -0.495 e. The van der Waals surface area contributed by atoms with Crippen LogP contribution < -0.4 is 10.1 Å². The highest BCUT2D eigenvalue weighted by molar-refractivity contribution is 7.89. The van der Waals surface area contributed by atoms with Crippen LogP contribution in [0.5, 0.6) is 5.75 Å². The van der Waals surface area contributed by atoms with Crippen LogP contribution in [0.3, 0.4) is 0 Å². The number of esters is 1. The standard InChI is InChI=1S/C20H20ClN3O8S/c1-31-17-7-4-13(10-18(17)33(29,30)23-8-2-3-9-23)20(26)32-12-19(25)22-15-6-5-14(21)11-16(15)24(27)28/h4-7,10-11H,2-3,8-9,12H2,1H3,(H,22,25). The first kappa shape index (κ1) is 24.4. The van der Waals surface area contributed by atoms with Gasteiger partial charge in [0.1, 0.15) is 16.3 Å². The number of halogens is 1. The summed E-state index contributed by atoms with van der Waals surface area (Å²) in [7, 11) is -2.56. The van der Waals surface area contributed by atoms with Gasteiger partial charge in [-0.1, -0.05) is 11.6 Å². The number of nitrogens with zero attached hydrogens (tertiary/aromatic N) is 2. The van der Waals surface area contributed by atoms with Gasteiger partial charge in [0, 0.05) is 24.2 Å². The predicted molar refractivity (Wildman–Crippen MR) is 118 cm³/mol. The molecule has 0 aromatic heterocycles. The quantitative estimate of drug-likeness (QED) is 0.333. The van der Waals surface area contributed by atoms with Gasteiger partial charge in [-0.25, -0.2) is 13.2 Å². The SMILES string of the molecule is COc1ccc(C(=O)OCC(=O)Nc2ccc(Cl)cc2[N+](=O)[O-])cc1S(=O)(=O)N1CCCC1. The van der Waals surface area contributed by atoms with E-state index in [0.29, 0.717) is 13.1 Å². The molecule has 2 aromatic carbocycles. The largest absolute Gasteiger partial charge is 0.495 e. The Balaban J connectivity index is 1.72. The lowest BCUT2D eigenvalue weighted by molar-refractivity contribution is -0.383. The molecule has 33 heavy (non-hydrogen) atoms. The average molecular weight is 498 g/mol. The molecule has 176 valence electrons. The number of benzene rings is 2. The average Bonchev–Trinajstić information content (AvgIpc) is 3.34. The highest BCUT2D eigenvalue weighted by Gasteiger charge is 2.31. The number of nitro groups is 1. The predicted octanol–water partition coefficient (Wildman–Crippen LogP) is 2.84. The number of amides is 1. The zero-order valence-electron chi connectivity index (χ0n) is 17.4. The summed E-state index contributed by atoms with van der Waals surface area (Å²) < 4.78 is 37.3. The Hall–Kier alpha value is -3.22. The van der Waals surface area contributed by atoms with Gasteiger partial charge in [-0.15, -0.1) is 0 Å². The lowest BCUT2D eigenvalue weighted by Crippen LogP contribution is -2.28. The van der Waals surface area contributed by atoms with Gasteiger partial charge in [0.15, 0.2) is 6.61 Å². The molecule has 1 saturated heterocycles. The van der Waals surface area contributed by atoms with E-state index in [0.717, 1.165) is 25.0 Å². The first-order valence-corrected chi connectivity index (χ1v) is 11.5. The third-order valence-electron chi connectivity index (χ3n) is 4.85. The van der Waals surface area contributed by atoms with Crippen LogP contribution in [-0.2, 0) is 19.6 Å². The summed E-state index contributed by atoms with van der Waals surface area (Å²) in [6.07, 6.45) is 1.48. The van der Waals surface area contributed by atoms with Gasteiger partial charge in [-0.05, 0) is 43.2 Å². The fourth-order valence-electron chi connectivity index (χ4n) is 3.24. The third-order valence-corrected chi connectivity index (χ3v) is 7.00. The number of nitrogens with one attached hydrogen (secondary N) is 1. The molecule has 0 atom stereocenters. The number of nitro benzene ring substituents is 1. The van der Waals surface area contributed by atoms with E-state index >= 15 is 0 Å². The molecule has 0 bridgehead atoms. The molecule has 0 spiro atoms. The van der Waals surface area contributed by atoms with Crippen molar-refractivity contribution in [2.75, 3.05) is 32.1 Å². The number of hydrogen-bond donors (Lipinski definition) is 1. The first-order chi connectivity index (χ1) is 15.6. The second kappa shape index (κ2) is 10.1. The van der Waals surface area contributed by atoms with Crippen molar-refractivity contribution in [1.82, 2.24) is 4.31 Å². The van der Waals surface area contributed by atoms with Crippen LogP contribution in [0.4, 0.5) is 11.4 Å². The molecule has 2 aromatic rings. The monoisotopic (exact) mass is 497 g/mol. The minimum atomic E-state index is -3.88. The van der Waals surface area contributed by atoms with Crippen molar-refractivity contribution in [3.8, 4) is 5.75 Å². The van der Waals surface area contributed by atoms with Crippen molar-refractivity contribution < 1.29 is 32.4 Å². The molecular weight excluding hydrogens is 478 g/mol. The number of sulfonamides is 1. The molecule has 11 nitrogen and oxygen atoms in total. The van der Waals surface area contributed by atoms with Gasteiger partial charge in [0.2, 0.25) is 10.0 Å². The molecule has 1 aliphatic heterocycles. The van der Waals surface area contributed by atoms with E-state index < -0.39 is 39.1 Å². The fraction of sp³-hybridized carbons (Fsp3) is 0.300. The number of ether oxygens (including phenoxy) is 2. The van der Waals surface area contributed by atoms with Crippen LogP contribution in [-0.4, -0.2) is 56.3 Å². The molecule has 13 heteroatoms. The molecule has 0 aliphatic carbocycles. The van der Waals surface area contributed by atoms with Gasteiger partial charge in [0.05, 0.1) is 17.6 Å². The van der Waals surface area contributed by atoms with Gasteiger partial charge < -0.3 is 14.8 Å². The Bertz CT molecular complexity index is 1200. The lowest BCUT2D eigenvalue weighted by atomic mass is 10.2. The number of methoxy groups -OCH3 is 1. The van der Waals surface area contributed by atoms with Gasteiger partial charge >= 0.3 is 5.97 Å². The summed E-state index contributed by atoms with van der Waals surface area (Å²) in [5.41, 5.74) is -0.637. The normalized spacial score (nSPS) is 14.0. The summed E-state index contributed by atoms with van der Waals surface area (Å²) in [6.45, 7) is -0.00676. The Labute approximate surface area is 194 Å². The van der Waals surface area contributed by atoms with Crippen LogP contribution in [0, 0.1) is 10.1 Å². The lowest BCUT2D eigenvalue weighted by Gasteiger charge is -2.18. The molecule has 1 heterocycles. The third kappa shape index (κ3) is 5.59. The zero-order chi connectivity index (χ0) is 24.2. The van der Waals surface area contributed by atoms with Crippen molar-refractivity contribution in [3.63, 3.8) is 0 Å². The van der Waals surface area contributed by atoms with Crippen molar-refractivity contribution in [2.24, 2.45) is 0 Å². The Kier molecular flexibility index (Phi) is 7.51. The highest BCUT2D eigenvalue weighted by Crippen LogP contribution is 2.30. The van der Waals surface area contributed by atoms with Gasteiger partial charge in [0.25, 0.3) is 11.6 Å². The number of carbonyl (C=O) groups excluding carboxylic acids is 2. The van der Waals surface area contributed by atoms with E-state index in [1.54, 1.807) is 0 Å². The maximum atomic E-state index is 12.9. The molecular formula is C20H20ClN3O8S. The molecule has 1 aliphatic rings. The van der Waals surface area contributed by atoms with E-state index in [2.05, 4.69) is 5.32 Å². The molecule has 0 radical (unpaired) electrons. The number of carbonyl (C=O) groups is 2. The second-order valence-corrected chi connectivity index (χ2v) is 9.36. The molecule has 1 N–H and O–H groups in total. The minimum absolute atomic E-state index is 0.0752. The molecule has 0 unspecified atom stereocenters. The van der Waals surface area contributed by atoms with E-state index in [1.807, 2.05) is 0 Å². The summed E-state index contributed by atoms with van der Waals surface area (Å²) in [4.78, 5) is 34.8. The summed E-state index contributed by atoms with van der Waals surface area (Å²) in [5.74, 6) is -1.70. The molecule has 1 fully saturated rings. The smallest absolute Gasteiger partial charge is 0.338 e. The van der Waals surface area contributed by atoms with Crippen LogP contribution in [0.15, 0.2) is 41.3 Å². The Morgan fingerprint density at radius 3 is 2.52 bits per heavy atom. The Morgan fingerprint density at radius 1 is 1.18 bits per heavy atom. The highest BCUT2D eigenvalue weighted by atomic mass is 35.5. The van der Waals surface area contributed by atoms with Crippen molar-refractivity contribution >= 4 is 44.9 Å². The van der Waals surface area contributed by atoms with Gasteiger partial charge in [-0.3, -0.25) is 14.9 Å². The van der Waals surface area contributed by atoms with E-state index in [-0.39, 0.29) is 26.9 Å². The Morgan fingerprint density at radius 2 is 1.88 bits per heavy atom. The number of anilines is 1. The molecule has 1 amide bonds. The van der Waals surface area contributed by atoms with Crippen molar-refractivity contribution in [2.45, 2.75) is 17.7 Å². The summed E-state index contributed by atoms with van der Waals surface area (Å²) >= 11 is 5.73. The zero-order valence-corrected chi connectivity index (χ0v) is 19.0. The van der Waals surface area contributed by atoms with Crippen molar-refractivity contribution in [1.29, 1.82) is 0 Å². The van der Waals surface area contributed by atoms with Gasteiger partial charge in [-0.2, -0.15) is 4.31 Å². The molecule has 0 saturated carbocycles.